The fraction of sp³-hybridized carbons (Fsp3) is 0.800. The molecule has 0 saturated heterocycles. The van der Waals surface area contributed by atoms with Crippen LogP contribution >= 0.6 is 0 Å². The highest BCUT2D eigenvalue weighted by atomic mass is 19.3. The van der Waals surface area contributed by atoms with Gasteiger partial charge in [0.15, 0.2) is 0 Å². The molecule has 0 spiro atoms. The number of ether oxygens (including phenoxy) is 1. The second kappa shape index (κ2) is 7.03. The smallest absolute Gasteiger partial charge is 0.407 e. The summed E-state index contributed by atoms with van der Waals surface area (Å²) >= 11 is 0. The van der Waals surface area contributed by atoms with Crippen molar-refractivity contribution >= 4 is 12.0 Å². The quantitative estimate of drug-likeness (QED) is 0.774. The van der Waals surface area contributed by atoms with Crippen LogP contribution in [0.25, 0.3) is 0 Å². The summed E-state index contributed by atoms with van der Waals surface area (Å²) in [6, 6.07) is 0. The Balaban J connectivity index is 3.63. The Morgan fingerprint density at radius 1 is 1.24 bits per heavy atom. The number of nitrogens with one attached hydrogen (secondary N) is 2. The molecule has 0 aromatic rings. The van der Waals surface area contributed by atoms with E-state index in [4.69, 9.17) is 4.74 Å². The van der Waals surface area contributed by atoms with Gasteiger partial charge in [-0.1, -0.05) is 0 Å². The van der Waals surface area contributed by atoms with E-state index in [9.17, 15) is 18.4 Å². The number of hydrogen-bond donors (Lipinski definition) is 2. The first-order valence-corrected chi connectivity index (χ1v) is 5.22. The first kappa shape index (κ1) is 15.6. The minimum Gasteiger partial charge on any atom is -0.444 e. The zero-order chi connectivity index (χ0) is 13.5. The summed E-state index contributed by atoms with van der Waals surface area (Å²) in [6.45, 7) is 4.50. The summed E-state index contributed by atoms with van der Waals surface area (Å²) in [6.07, 6.45) is -3.27. The maximum atomic E-state index is 11.7. The molecule has 0 aliphatic rings. The molecular formula is C10H18F2N2O3. The lowest BCUT2D eigenvalue weighted by molar-refractivity contribution is -0.121. The van der Waals surface area contributed by atoms with Gasteiger partial charge in [0.05, 0.1) is 6.54 Å². The predicted octanol–water partition coefficient (Wildman–Crippen LogP) is 1.28. The summed E-state index contributed by atoms with van der Waals surface area (Å²) < 4.78 is 28.4. The molecular weight excluding hydrogens is 234 g/mol. The zero-order valence-electron chi connectivity index (χ0n) is 10.2. The van der Waals surface area contributed by atoms with Gasteiger partial charge in [-0.15, -0.1) is 0 Å². The Labute approximate surface area is 98.9 Å². The standard InChI is InChI=1S/C10H18F2N2O3/c1-10(2,3)17-9(16)13-5-4-8(15)14-6-7(11)12/h7H,4-6H2,1-3H3,(H,13,16)(H,14,15). The Hall–Kier alpha value is -1.40. The third-order valence-corrected chi connectivity index (χ3v) is 1.47. The van der Waals surface area contributed by atoms with Crippen LogP contribution in [0.15, 0.2) is 0 Å². The van der Waals surface area contributed by atoms with Gasteiger partial charge in [-0.3, -0.25) is 4.79 Å². The molecule has 0 aromatic carbocycles. The summed E-state index contributed by atoms with van der Waals surface area (Å²) in [5.74, 6) is -0.540. The van der Waals surface area contributed by atoms with Crippen LogP contribution in [0.4, 0.5) is 13.6 Å². The molecule has 0 aromatic heterocycles. The molecule has 0 bridgehead atoms. The Kier molecular flexibility index (Phi) is 6.45. The maximum absolute atomic E-state index is 11.7. The molecule has 0 heterocycles. The fourth-order valence-electron chi connectivity index (χ4n) is 0.872. The molecule has 2 amide bonds. The van der Waals surface area contributed by atoms with Gasteiger partial charge in [0.1, 0.15) is 5.60 Å². The summed E-state index contributed by atoms with van der Waals surface area (Å²) in [7, 11) is 0. The zero-order valence-corrected chi connectivity index (χ0v) is 10.2. The maximum Gasteiger partial charge on any atom is 0.407 e. The van der Waals surface area contributed by atoms with Gasteiger partial charge in [-0.05, 0) is 20.8 Å². The van der Waals surface area contributed by atoms with Crippen LogP contribution < -0.4 is 10.6 Å². The van der Waals surface area contributed by atoms with Crippen molar-refractivity contribution in [1.82, 2.24) is 10.6 Å². The number of amides is 2. The van der Waals surface area contributed by atoms with E-state index in [0.29, 0.717) is 0 Å². The molecule has 0 fully saturated rings. The van der Waals surface area contributed by atoms with Crippen LogP contribution in [0.3, 0.4) is 0 Å². The van der Waals surface area contributed by atoms with Gasteiger partial charge in [-0.25, -0.2) is 13.6 Å². The molecule has 5 nitrogen and oxygen atoms in total. The monoisotopic (exact) mass is 252 g/mol. The third kappa shape index (κ3) is 10.9. The molecule has 7 heteroatoms. The molecule has 17 heavy (non-hydrogen) atoms. The molecule has 100 valence electrons. The largest absolute Gasteiger partial charge is 0.444 e. The van der Waals surface area contributed by atoms with Crippen LogP contribution in [-0.2, 0) is 9.53 Å². The van der Waals surface area contributed by atoms with Crippen LogP contribution in [0.2, 0.25) is 0 Å². The van der Waals surface area contributed by atoms with Gasteiger partial charge in [0, 0.05) is 13.0 Å². The van der Waals surface area contributed by atoms with E-state index in [0.717, 1.165) is 0 Å². The lowest BCUT2D eigenvalue weighted by Crippen LogP contribution is -2.36. The van der Waals surface area contributed by atoms with Crippen LogP contribution in [0.5, 0.6) is 0 Å². The summed E-state index contributed by atoms with van der Waals surface area (Å²) in [5, 5.41) is 4.37. The van der Waals surface area contributed by atoms with E-state index in [1.54, 1.807) is 20.8 Å². The van der Waals surface area contributed by atoms with E-state index < -0.39 is 30.6 Å². The van der Waals surface area contributed by atoms with Crippen molar-refractivity contribution in [3.8, 4) is 0 Å². The Bertz CT molecular complexity index is 265. The van der Waals surface area contributed by atoms with Gasteiger partial charge in [0.2, 0.25) is 5.91 Å². The van der Waals surface area contributed by atoms with Crippen molar-refractivity contribution in [1.29, 1.82) is 0 Å². The average molecular weight is 252 g/mol. The van der Waals surface area contributed by atoms with Crippen molar-refractivity contribution in [3.63, 3.8) is 0 Å². The van der Waals surface area contributed by atoms with Crippen LogP contribution in [-0.4, -0.2) is 37.1 Å². The van der Waals surface area contributed by atoms with E-state index in [1.807, 2.05) is 5.32 Å². The first-order valence-electron chi connectivity index (χ1n) is 5.22. The first-order chi connectivity index (χ1) is 7.70. The van der Waals surface area contributed by atoms with Crippen molar-refractivity contribution in [3.05, 3.63) is 0 Å². The molecule has 0 saturated carbocycles. The van der Waals surface area contributed by atoms with E-state index >= 15 is 0 Å². The van der Waals surface area contributed by atoms with Crippen molar-refractivity contribution in [2.45, 2.75) is 39.2 Å². The van der Waals surface area contributed by atoms with Crippen LogP contribution in [0, 0.1) is 0 Å². The van der Waals surface area contributed by atoms with E-state index in [-0.39, 0.29) is 13.0 Å². The molecule has 0 unspecified atom stereocenters. The molecule has 0 aliphatic heterocycles. The molecule has 0 radical (unpaired) electrons. The Morgan fingerprint density at radius 2 is 1.82 bits per heavy atom. The summed E-state index contributed by atoms with van der Waals surface area (Å²) in [5.41, 5.74) is -0.609. The van der Waals surface area contributed by atoms with Crippen molar-refractivity contribution in [2.75, 3.05) is 13.1 Å². The number of carbonyl (C=O) groups is 2. The topological polar surface area (TPSA) is 67.4 Å². The molecule has 0 rings (SSSR count). The average Bonchev–Trinajstić information content (AvgIpc) is 2.11. The number of rotatable bonds is 5. The highest BCUT2D eigenvalue weighted by Crippen LogP contribution is 2.06. The van der Waals surface area contributed by atoms with Crippen molar-refractivity contribution < 1.29 is 23.1 Å². The number of alkyl halides is 2. The normalized spacial score (nSPS) is 11.2. The van der Waals surface area contributed by atoms with Crippen LogP contribution in [0.1, 0.15) is 27.2 Å². The summed E-state index contributed by atoms with van der Waals surface area (Å²) in [4.78, 5) is 22.1. The fourth-order valence-corrected chi connectivity index (χ4v) is 0.872. The molecule has 2 N–H and O–H groups in total. The molecule has 0 aliphatic carbocycles. The second-order valence-corrected chi connectivity index (χ2v) is 4.37. The minimum atomic E-state index is -2.57. The number of hydrogen-bond acceptors (Lipinski definition) is 3. The molecule has 0 atom stereocenters. The van der Waals surface area contributed by atoms with Gasteiger partial charge >= 0.3 is 6.09 Å². The minimum absolute atomic E-state index is 0.0456. The number of carbonyl (C=O) groups excluding carboxylic acids is 2. The van der Waals surface area contributed by atoms with E-state index in [2.05, 4.69) is 5.32 Å². The SMILES string of the molecule is CC(C)(C)OC(=O)NCCC(=O)NCC(F)F. The van der Waals surface area contributed by atoms with Crippen molar-refractivity contribution in [2.24, 2.45) is 0 Å². The van der Waals surface area contributed by atoms with Gasteiger partial charge < -0.3 is 15.4 Å². The van der Waals surface area contributed by atoms with E-state index in [1.165, 1.54) is 0 Å². The van der Waals surface area contributed by atoms with Gasteiger partial charge in [-0.2, -0.15) is 0 Å². The Morgan fingerprint density at radius 3 is 2.29 bits per heavy atom. The lowest BCUT2D eigenvalue weighted by Gasteiger charge is -2.19. The van der Waals surface area contributed by atoms with Gasteiger partial charge in [0.25, 0.3) is 6.43 Å². The number of halogens is 2. The second-order valence-electron chi connectivity index (χ2n) is 4.37. The number of alkyl carbamates (subject to hydrolysis) is 1. The lowest BCUT2D eigenvalue weighted by atomic mass is 10.2. The highest BCUT2D eigenvalue weighted by Gasteiger charge is 2.15. The third-order valence-electron chi connectivity index (χ3n) is 1.47. The predicted molar refractivity (Wildman–Crippen MR) is 57.9 cm³/mol. The highest BCUT2D eigenvalue weighted by molar-refractivity contribution is 5.77.